The Balaban J connectivity index is 2.10. The lowest BCUT2D eigenvalue weighted by molar-refractivity contribution is -0.136. The van der Waals surface area contributed by atoms with E-state index in [1.165, 1.54) is 0 Å². The summed E-state index contributed by atoms with van der Waals surface area (Å²) in [6.07, 6.45) is 0. The summed E-state index contributed by atoms with van der Waals surface area (Å²) in [5.41, 5.74) is 6.90. The molecule has 1 aromatic carbocycles. The minimum atomic E-state index is -0.244. The molecule has 1 heterocycles. The van der Waals surface area contributed by atoms with Crippen molar-refractivity contribution in [3.8, 4) is 0 Å². The summed E-state index contributed by atoms with van der Waals surface area (Å²) in [5.74, 6) is -0.218. The van der Waals surface area contributed by atoms with Crippen LogP contribution in [0.2, 0.25) is 5.02 Å². The van der Waals surface area contributed by atoms with E-state index in [0.29, 0.717) is 18.2 Å². The fourth-order valence-corrected chi connectivity index (χ4v) is 2.47. The second-order valence-corrected chi connectivity index (χ2v) is 5.42. The molecule has 19 heavy (non-hydrogen) atoms. The molecule has 2 rings (SSSR count). The Morgan fingerprint density at radius 3 is 2.84 bits per heavy atom. The summed E-state index contributed by atoms with van der Waals surface area (Å²) >= 11 is 5.98. The Kier molecular flexibility index (Phi) is 4.45. The van der Waals surface area contributed by atoms with Gasteiger partial charge in [0, 0.05) is 18.1 Å². The van der Waals surface area contributed by atoms with Crippen LogP contribution < -0.4 is 5.73 Å². The number of hydrogen-bond donors (Lipinski definition) is 1. The minimum absolute atomic E-state index is 0.0254. The molecule has 1 aromatic rings. The average Bonchev–Trinajstić information content (AvgIpc) is 2.82. The number of carbonyl (C=O) groups is 1. The van der Waals surface area contributed by atoms with Crippen molar-refractivity contribution in [2.24, 2.45) is 11.7 Å². The van der Waals surface area contributed by atoms with Crippen LogP contribution in [0.25, 0.3) is 0 Å². The minimum Gasteiger partial charge on any atom is -0.379 e. The highest BCUT2D eigenvalue weighted by molar-refractivity contribution is 6.30. The van der Waals surface area contributed by atoms with E-state index in [1.807, 2.05) is 31.2 Å². The summed E-state index contributed by atoms with van der Waals surface area (Å²) < 4.78 is 5.25. The number of nitrogens with zero attached hydrogens (tertiary/aromatic N) is 1. The number of amides is 1. The van der Waals surface area contributed by atoms with Gasteiger partial charge in [0.1, 0.15) is 0 Å². The van der Waals surface area contributed by atoms with Crippen LogP contribution in [0.4, 0.5) is 0 Å². The lowest BCUT2D eigenvalue weighted by Gasteiger charge is -2.28. The normalized spacial score (nSPS) is 24.2. The quantitative estimate of drug-likeness (QED) is 0.920. The largest absolute Gasteiger partial charge is 0.379 e. The van der Waals surface area contributed by atoms with Crippen LogP contribution in [0.3, 0.4) is 0 Å². The average molecular weight is 283 g/mol. The summed E-state index contributed by atoms with van der Waals surface area (Å²) in [4.78, 5) is 14.1. The van der Waals surface area contributed by atoms with Gasteiger partial charge in [0.05, 0.1) is 25.2 Å². The third-order valence-electron chi connectivity index (χ3n) is 3.70. The molecule has 104 valence electrons. The lowest BCUT2D eigenvalue weighted by Crippen LogP contribution is -2.42. The Bertz CT molecular complexity index is 467. The zero-order valence-corrected chi connectivity index (χ0v) is 11.9. The smallest absolute Gasteiger partial charge is 0.229 e. The monoisotopic (exact) mass is 282 g/mol. The Morgan fingerprint density at radius 1 is 1.53 bits per heavy atom. The molecule has 0 aliphatic carbocycles. The summed E-state index contributed by atoms with van der Waals surface area (Å²) in [5, 5.41) is 0.672. The van der Waals surface area contributed by atoms with Crippen molar-refractivity contribution >= 4 is 17.5 Å². The van der Waals surface area contributed by atoms with E-state index in [0.717, 1.165) is 5.56 Å². The first kappa shape index (κ1) is 14.3. The highest BCUT2D eigenvalue weighted by Gasteiger charge is 2.34. The van der Waals surface area contributed by atoms with E-state index < -0.39 is 0 Å². The molecule has 1 amide bonds. The van der Waals surface area contributed by atoms with Crippen LogP contribution >= 0.6 is 11.6 Å². The Hall–Kier alpha value is -1.10. The molecule has 1 saturated heterocycles. The zero-order chi connectivity index (χ0) is 14.0. The molecule has 0 radical (unpaired) electrons. The molecule has 3 unspecified atom stereocenters. The molecular formula is C14H19ClN2O2. The van der Waals surface area contributed by atoms with Gasteiger partial charge in [-0.3, -0.25) is 4.79 Å². The van der Waals surface area contributed by atoms with Gasteiger partial charge in [-0.25, -0.2) is 0 Å². The molecule has 5 heteroatoms. The number of hydrogen-bond acceptors (Lipinski definition) is 3. The highest BCUT2D eigenvalue weighted by Crippen LogP contribution is 2.24. The molecule has 1 aliphatic rings. The van der Waals surface area contributed by atoms with E-state index in [9.17, 15) is 4.79 Å². The van der Waals surface area contributed by atoms with Gasteiger partial charge in [-0.1, -0.05) is 23.7 Å². The topological polar surface area (TPSA) is 55.6 Å². The molecular weight excluding hydrogens is 264 g/mol. The molecule has 0 saturated carbocycles. The third-order valence-corrected chi connectivity index (χ3v) is 3.94. The lowest BCUT2D eigenvalue weighted by atomic mass is 10.0. The maximum absolute atomic E-state index is 12.4. The second-order valence-electron chi connectivity index (χ2n) is 4.99. The number of rotatable bonds is 3. The van der Waals surface area contributed by atoms with Gasteiger partial charge in [0.15, 0.2) is 0 Å². The molecule has 0 bridgehead atoms. The summed E-state index contributed by atoms with van der Waals surface area (Å²) in [6.45, 7) is 2.84. The zero-order valence-electron chi connectivity index (χ0n) is 11.2. The van der Waals surface area contributed by atoms with Crippen LogP contribution in [0.5, 0.6) is 0 Å². The van der Waals surface area contributed by atoms with E-state index in [4.69, 9.17) is 22.1 Å². The van der Waals surface area contributed by atoms with E-state index in [2.05, 4.69) is 0 Å². The predicted octanol–water partition coefficient (Wildman–Crippen LogP) is 1.83. The molecule has 0 aromatic heterocycles. The summed E-state index contributed by atoms with van der Waals surface area (Å²) in [7, 11) is 1.79. The maximum atomic E-state index is 12.4. The third kappa shape index (κ3) is 3.08. The number of nitrogens with two attached hydrogens (primary N) is 1. The van der Waals surface area contributed by atoms with Gasteiger partial charge in [-0.05, 0) is 24.6 Å². The van der Waals surface area contributed by atoms with Gasteiger partial charge in [0.2, 0.25) is 5.91 Å². The first-order chi connectivity index (χ1) is 9.00. The van der Waals surface area contributed by atoms with Gasteiger partial charge in [-0.2, -0.15) is 0 Å². The van der Waals surface area contributed by atoms with Crippen LogP contribution in [-0.4, -0.2) is 37.1 Å². The maximum Gasteiger partial charge on any atom is 0.229 e. The van der Waals surface area contributed by atoms with Gasteiger partial charge in [-0.15, -0.1) is 0 Å². The van der Waals surface area contributed by atoms with Crippen molar-refractivity contribution < 1.29 is 9.53 Å². The van der Waals surface area contributed by atoms with Crippen LogP contribution in [-0.2, 0) is 9.53 Å². The highest BCUT2D eigenvalue weighted by atomic mass is 35.5. The second kappa shape index (κ2) is 5.90. The predicted molar refractivity (Wildman–Crippen MR) is 74.9 cm³/mol. The van der Waals surface area contributed by atoms with E-state index in [-0.39, 0.29) is 23.9 Å². The van der Waals surface area contributed by atoms with Crippen molar-refractivity contribution in [1.29, 1.82) is 0 Å². The summed E-state index contributed by atoms with van der Waals surface area (Å²) in [6, 6.07) is 7.30. The number of halogens is 1. The van der Waals surface area contributed by atoms with Crippen molar-refractivity contribution in [3.63, 3.8) is 0 Å². The molecule has 1 fully saturated rings. The molecule has 4 nitrogen and oxygen atoms in total. The molecule has 3 atom stereocenters. The van der Waals surface area contributed by atoms with Crippen LogP contribution in [0.1, 0.15) is 18.5 Å². The van der Waals surface area contributed by atoms with Crippen molar-refractivity contribution in [2.75, 3.05) is 20.3 Å². The number of ether oxygens (including phenoxy) is 1. The van der Waals surface area contributed by atoms with Crippen LogP contribution in [0, 0.1) is 5.92 Å². The van der Waals surface area contributed by atoms with E-state index in [1.54, 1.807) is 11.9 Å². The first-order valence-electron chi connectivity index (χ1n) is 6.36. The van der Waals surface area contributed by atoms with Crippen molar-refractivity contribution in [1.82, 2.24) is 4.90 Å². The molecule has 1 aliphatic heterocycles. The Labute approximate surface area is 118 Å². The van der Waals surface area contributed by atoms with Gasteiger partial charge >= 0.3 is 0 Å². The molecule has 2 N–H and O–H groups in total. The van der Waals surface area contributed by atoms with Crippen LogP contribution in [0.15, 0.2) is 24.3 Å². The number of carbonyl (C=O) groups excluding carboxylic acids is 1. The Morgan fingerprint density at radius 2 is 2.26 bits per heavy atom. The fraction of sp³-hybridized carbons (Fsp3) is 0.500. The van der Waals surface area contributed by atoms with Gasteiger partial charge in [0.25, 0.3) is 0 Å². The van der Waals surface area contributed by atoms with E-state index >= 15 is 0 Å². The van der Waals surface area contributed by atoms with Crippen molar-refractivity contribution in [3.05, 3.63) is 34.9 Å². The standard InChI is InChI=1S/C14H19ClN2O2/c1-9(10-4-3-5-11(15)6-10)17(2)14(18)12-7-19-8-13(12)16/h3-6,9,12-13H,7-8,16H2,1-2H3. The number of benzene rings is 1. The van der Waals surface area contributed by atoms with Crippen molar-refractivity contribution in [2.45, 2.75) is 19.0 Å². The molecule has 0 spiro atoms. The SMILES string of the molecule is CC(c1cccc(Cl)c1)N(C)C(=O)C1COCC1N. The van der Waals surface area contributed by atoms with Gasteiger partial charge < -0.3 is 15.4 Å². The first-order valence-corrected chi connectivity index (χ1v) is 6.74. The fourth-order valence-electron chi connectivity index (χ4n) is 2.27.